The monoisotopic (exact) mass is 456 g/mol. The van der Waals surface area contributed by atoms with Gasteiger partial charge in [-0.3, -0.25) is 4.79 Å². The molecule has 2 aromatic heterocycles. The molecule has 7 nitrogen and oxygen atoms in total. The predicted octanol–water partition coefficient (Wildman–Crippen LogP) is 3.44. The molecular weight excluding hydrogens is 430 g/mol. The van der Waals surface area contributed by atoms with Gasteiger partial charge in [0.1, 0.15) is 17.2 Å². The Bertz CT molecular complexity index is 1190. The van der Waals surface area contributed by atoms with E-state index in [0.717, 1.165) is 24.6 Å². The first-order valence-corrected chi connectivity index (χ1v) is 11.0. The number of methoxy groups -OCH3 is 2. The molecule has 2 fully saturated rings. The lowest BCUT2D eigenvalue weighted by Crippen LogP contribution is -2.66. The highest BCUT2D eigenvalue weighted by Gasteiger charge is 2.46. The predicted molar refractivity (Wildman–Crippen MR) is 118 cm³/mol. The van der Waals surface area contributed by atoms with E-state index in [1.807, 2.05) is 12.1 Å². The minimum atomic E-state index is -0.476. The van der Waals surface area contributed by atoms with Crippen molar-refractivity contribution >= 4 is 17.1 Å². The third-order valence-electron chi connectivity index (χ3n) is 6.72. The van der Waals surface area contributed by atoms with Gasteiger partial charge in [-0.15, -0.1) is 0 Å². The number of anilines is 1. The number of hydrogen-bond donors (Lipinski definition) is 0. The van der Waals surface area contributed by atoms with Crippen molar-refractivity contribution in [3.05, 3.63) is 65.5 Å². The smallest absolute Gasteiger partial charge is 0.257 e. The first-order valence-electron chi connectivity index (χ1n) is 11.0. The van der Waals surface area contributed by atoms with Crippen LogP contribution in [0.4, 0.5) is 14.5 Å². The average Bonchev–Trinajstić information content (AvgIpc) is 3.44. The van der Waals surface area contributed by atoms with Crippen molar-refractivity contribution in [3.63, 3.8) is 0 Å². The molecule has 0 N–H and O–H groups in total. The topological polar surface area (TPSA) is 59.3 Å². The molecule has 33 heavy (non-hydrogen) atoms. The van der Waals surface area contributed by atoms with Crippen molar-refractivity contribution < 1.29 is 23.0 Å². The van der Waals surface area contributed by atoms with Gasteiger partial charge in [-0.25, -0.2) is 13.3 Å². The summed E-state index contributed by atoms with van der Waals surface area (Å²) in [6.07, 6.45) is 4.95. The van der Waals surface area contributed by atoms with Gasteiger partial charge in [0.2, 0.25) is 0 Å². The molecule has 3 aromatic rings. The molecule has 1 aromatic carbocycles. The summed E-state index contributed by atoms with van der Waals surface area (Å²) in [5.74, 6) is -0.988. The van der Waals surface area contributed by atoms with Crippen molar-refractivity contribution in [3.8, 4) is 0 Å². The number of carbonyl (C=O) groups is 1. The number of rotatable bonds is 6. The number of pyridine rings is 1. The minimum Gasteiger partial charge on any atom is -0.382 e. The third kappa shape index (κ3) is 3.75. The van der Waals surface area contributed by atoms with E-state index in [1.54, 1.807) is 36.0 Å². The van der Waals surface area contributed by atoms with E-state index in [2.05, 4.69) is 10.00 Å². The minimum absolute atomic E-state index is 0.125. The van der Waals surface area contributed by atoms with Crippen molar-refractivity contribution in [2.45, 2.75) is 24.5 Å². The highest BCUT2D eigenvalue weighted by atomic mass is 19.1. The number of aromatic nitrogens is 2. The molecule has 1 atom stereocenters. The van der Waals surface area contributed by atoms with Gasteiger partial charge in [0.25, 0.3) is 5.91 Å². The van der Waals surface area contributed by atoms with Gasteiger partial charge in [-0.1, -0.05) is 0 Å². The maximum atomic E-state index is 14.5. The lowest BCUT2D eigenvalue weighted by atomic mass is 9.94. The second-order valence-electron chi connectivity index (χ2n) is 8.77. The van der Waals surface area contributed by atoms with Gasteiger partial charge >= 0.3 is 0 Å². The molecular formula is C24H26F2N4O3. The molecule has 0 unspecified atom stereocenters. The van der Waals surface area contributed by atoms with Crippen LogP contribution in [0.1, 0.15) is 34.8 Å². The van der Waals surface area contributed by atoms with E-state index in [0.29, 0.717) is 42.9 Å². The summed E-state index contributed by atoms with van der Waals surface area (Å²) in [7, 11) is 3.23. The Morgan fingerprint density at radius 3 is 2.79 bits per heavy atom. The molecule has 0 saturated carbocycles. The summed E-state index contributed by atoms with van der Waals surface area (Å²) in [5.41, 5.74) is 1.89. The fourth-order valence-corrected chi connectivity index (χ4v) is 4.99. The van der Waals surface area contributed by atoms with Crippen LogP contribution in [0.3, 0.4) is 0 Å². The lowest BCUT2D eigenvalue weighted by Gasteiger charge is -2.48. The van der Waals surface area contributed by atoms with E-state index in [9.17, 15) is 13.6 Å². The Hall–Kier alpha value is -3.04. The molecule has 9 heteroatoms. The van der Waals surface area contributed by atoms with Gasteiger partial charge in [-0.2, -0.15) is 5.10 Å². The zero-order valence-electron chi connectivity index (χ0n) is 18.6. The Balaban J connectivity index is 1.43. The molecule has 0 spiro atoms. The fourth-order valence-electron chi connectivity index (χ4n) is 4.99. The number of benzene rings is 1. The highest BCUT2D eigenvalue weighted by molar-refractivity contribution is 6.01. The van der Waals surface area contributed by atoms with Crippen LogP contribution in [0.5, 0.6) is 0 Å². The number of halogens is 2. The normalized spacial score (nSPS) is 19.8. The number of likely N-dealkylation sites (tertiary alicyclic amines) is 1. The molecule has 1 amide bonds. The molecule has 5 rings (SSSR count). The SMILES string of the molecule is COCC1(OC)CN(C(=O)c2cnn3ccc(N4CCC[C@@H]4c4cc(F)ccc4F)cc23)C1. The summed E-state index contributed by atoms with van der Waals surface area (Å²) in [6.45, 7) is 2.02. The van der Waals surface area contributed by atoms with Crippen molar-refractivity contribution in [1.29, 1.82) is 0 Å². The van der Waals surface area contributed by atoms with Gasteiger partial charge in [0, 0.05) is 38.2 Å². The Morgan fingerprint density at radius 1 is 1.21 bits per heavy atom. The van der Waals surface area contributed by atoms with E-state index >= 15 is 0 Å². The number of amides is 1. The highest BCUT2D eigenvalue weighted by Crippen LogP contribution is 2.38. The largest absolute Gasteiger partial charge is 0.382 e. The molecule has 0 aliphatic carbocycles. The first kappa shape index (κ1) is 21.8. The maximum absolute atomic E-state index is 14.5. The van der Waals surface area contributed by atoms with Crippen LogP contribution in [0.2, 0.25) is 0 Å². The number of fused-ring (bicyclic) bond motifs is 1. The van der Waals surface area contributed by atoms with Crippen molar-refractivity contribution in [1.82, 2.24) is 14.5 Å². The zero-order valence-corrected chi connectivity index (χ0v) is 18.6. The molecule has 0 radical (unpaired) electrons. The quantitative estimate of drug-likeness (QED) is 0.569. The van der Waals surface area contributed by atoms with E-state index < -0.39 is 17.2 Å². The second-order valence-corrected chi connectivity index (χ2v) is 8.77. The van der Waals surface area contributed by atoms with Crippen LogP contribution in [0, 0.1) is 11.6 Å². The summed E-state index contributed by atoms with van der Waals surface area (Å²) in [6, 6.07) is 7.10. The van der Waals surface area contributed by atoms with Crippen LogP contribution in [-0.2, 0) is 9.47 Å². The average molecular weight is 456 g/mol. The Labute approximate surface area is 190 Å². The fraction of sp³-hybridized carbons (Fsp3) is 0.417. The number of carbonyl (C=O) groups excluding carboxylic acids is 1. The van der Waals surface area contributed by atoms with Crippen molar-refractivity contribution in [2.24, 2.45) is 0 Å². The van der Waals surface area contributed by atoms with E-state index in [4.69, 9.17) is 9.47 Å². The van der Waals surface area contributed by atoms with Crippen LogP contribution in [0.15, 0.2) is 42.7 Å². The third-order valence-corrected chi connectivity index (χ3v) is 6.72. The second kappa shape index (κ2) is 8.39. The summed E-state index contributed by atoms with van der Waals surface area (Å²) >= 11 is 0. The van der Waals surface area contributed by atoms with Gasteiger partial charge < -0.3 is 19.3 Å². The van der Waals surface area contributed by atoms with E-state index in [1.165, 1.54) is 12.1 Å². The lowest BCUT2D eigenvalue weighted by molar-refractivity contribution is -0.140. The standard InChI is InChI=1S/C24H26F2N4O3/c1-32-15-24(33-2)13-28(14-24)23(31)19-12-27-30-9-7-17(11-22(19)30)29-8-3-4-21(29)18-10-16(25)5-6-20(18)26/h5-7,9-12,21H,3-4,8,13-15H2,1-2H3/t21-/m1/s1. The van der Waals surface area contributed by atoms with Crippen LogP contribution in [-0.4, -0.2) is 66.5 Å². The molecule has 4 heterocycles. The number of nitrogens with zero attached hydrogens (tertiary/aromatic N) is 4. The van der Waals surface area contributed by atoms with Crippen LogP contribution in [0.25, 0.3) is 5.52 Å². The first-order chi connectivity index (χ1) is 15.9. The summed E-state index contributed by atoms with van der Waals surface area (Å²) < 4.78 is 40.8. The van der Waals surface area contributed by atoms with Gasteiger partial charge in [0.15, 0.2) is 0 Å². The molecule has 0 bridgehead atoms. The van der Waals surface area contributed by atoms with Crippen molar-refractivity contribution in [2.75, 3.05) is 45.4 Å². The molecule has 2 aliphatic rings. The Morgan fingerprint density at radius 2 is 2.03 bits per heavy atom. The van der Waals surface area contributed by atoms with Gasteiger partial charge in [0.05, 0.1) is 43.0 Å². The zero-order chi connectivity index (χ0) is 23.2. The Kier molecular flexibility index (Phi) is 5.54. The summed E-state index contributed by atoms with van der Waals surface area (Å²) in [5, 5.41) is 4.33. The van der Waals surface area contributed by atoms with E-state index in [-0.39, 0.29) is 11.9 Å². The molecule has 2 aliphatic heterocycles. The van der Waals surface area contributed by atoms with Crippen LogP contribution < -0.4 is 4.90 Å². The van der Waals surface area contributed by atoms with Gasteiger partial charge in [-0.05, 0) is 43.2 Å². The number of hydrogen-bond acceptors (Lipinski definition) is 5. The molecule has 174 valence electrons. The maximum Gasteiger partial charge on any atom is 0.257 e. The summed E-state index contributed by atoms with van der Waals surface area (Å²) in [4.78, 5) is 17.0. The van der Waals surface area contributed by atoms with Crippen LogP contribution >= 0.6 is 0 Å². The molecule has 2 saturated heterocycles. The number of ether oxygens (including phenoxy) is 2.